The zero-order valence-electron chi connectivity index (χ0n) is 11.7. The first-order chi connectivity index (χ1) is 9.28. The molecule has 0 saturated heterocycles. The van der Waals surface area contributed by atoms with Crippen LogP contribution < -0.4 is 10.1 Å². The lowest BCUT2D eigenvalue weighted by Crippen LogP contribution is -2.34. The number of aromatic carboxylic acids is 1. The average molecular weight is 282 g/mol. The van der Waals surface area contributed by atoms with E-state index in [-0.39, 0.29) is 18.8 Å². The molecule has 1 amide bonds. The molecule has 1 aromatic rings. The quantitative estimate of drug-likeness (QED) is 0.797. The van der Waals surface area contributed by atoms with Gasteiger partial charge in [-0.2, -0.15) is 0 Å². The molecule has 1 heterocycles. The zero-order chi connectivity index (χ0) is 15.2. The number of hydrogen-bond acceptors (Lipinski definition) is 5. The fraction of sp³-hybridized carbons (Fsp3) is 0.462. The Hall–Kier alpha value is -2.31. The van der Waals surface area contributed by atoms with Crippen molar-refractivity contribution in [3.05, 3.63) is 24.0 Å². The fourth-order valence-electron chi connectivity index (χ4n) is 1.23. The molecule has 2 N–H and O–H groups in total. The van der Waals surface area contributed by atoms with Crippen molar-refractivity contribution in [3.8, 4) is 5.75 Å². The van der Waals surface area contributed by atoms with Gasteiger partial charge in [0, 0.05) is 0 Å². The summed E-state index contributed by atoms with van der Waals surface area (Å²) in [6.07, 6.45) is 0.803. The first-order valence-electron chi connectivity index (χ1n) is 6.07. The number of pyridine rings is 1. The van der Waals surface area contributed by atoms with Gasteiger partial charge in [0.15, 0.2) is 0 Å². The van der Waals surface area contributed by atoms with Crippen LogP contribution in [0.4, 0.5) is 4.79 Å². The number of ether oxygens (including phenoxy) is 2. The summed E-state index contributed by atoms with van der Waals surface area (Å²) in [5, 5.41) is 11.2. The summed E-state index contributed by atoms with van der Waals surface area (Å²) in [6.45, 7) is 5.83. The van der Waals surface area contributed by atoms with Crippen molar-refractivity contribution in [2.24, 2.45) is 0 Å². The number of alkyl carbamates (subject to hydrolysis) is 1. The summed E-state index contributed by atoms with van der Waals surface area (Å²) in [6, 6.07) is 2.85. The third-order valence-electron chi connectivity index (χ3n) is 1.99. The minimum Gasteiger partial charge on any atom is -0.490 e. The van der Waals surface area contributed by atoms with Gasteiger partial charge in [-0.3, -0.25) is 0 Å². The molecule has 1 aromatic heterocycles. The van der Waals surface area contributed by atoms with Crippen molar-refractivity contribution in [2.45, 2.75) is 26.4 Å². The van der Waals surface area contributed by atoms with E-state index in [0.717, 1.165) is 0 Å². The van der Waals surface area contributed by atoms with E-state index in [2.05, 4.69) is 10.3 Å². The van der Waals surface area contributed by atoms with E-state index in [4.69, 9.17) is 14.6 Å². The van der Waals surface area contributed by atoms with Crippen molar-refractivity contribution in [1.82, 2.24) is 10.3 Å². The lowest BCUT2D eigenvalue weighted by atomic mass is 10.2. The number of aromatic nitrogens is 1. The van der Waals surface area contributed by atoms with Gasteiger partial charge >= 0.3 is 12.1 Å². The van der Waals surface area contributed by atoms with E-state index in [9.17, 15) is 9.59 Å². The zero-order valence-corrected chi connectivity index (χ0v) is 11.7. The normalized spacial score (nSPS) is 10.8. The molecule has 0 bridgehead atoms. The first-order valence-corrected chi connectivity index (χ1v) is 6.07. The number of rotatable bonds is 5. The maximum atomic E-state index is 11.3. The van der Waals surface area contributed by atoms with Crippen LogP contribution in [0.15, 0.2) is 18.3 Å². The molecule has 1 rings (SSSR count). The number of nitrogens with zero attached hydrogens (tertiary/aromatic N) is 1. The second-order valence-corrected chi connectivity index (χ2v) is 4.96. The van der Waals surface area contributed by atoms with Gasteiger partial charge in [0.2, 0.25) is 0 Å². The maximum absolute atomic E-state index is 11.3. The predicted octanol–water partition coefficient (Wildman–Crippen LogP) is 1.68. The van der Waals surface area contributed by atoms with Gasteiger partial charge in [-0.1, -0.05) is 0 Å². The molecular weight excluding hydrogens is 264 g/mol. The summed E-state index contributed by atoms with van der Waals surface area (Å²) in [5.41, 5.74) is -0.592. The monoisotopic (exact) mass is 282 g/mol. The largest absolute Gasteiger partial charge is 0.490 e. The van der Waals surface area contributed by atoms with Crippen LogP contribution in [-0.4, -0.2) is 40.9 Å². The summed E-state index contributed by atoms with van der Waals surface area (Å²) in [5.74, 6) is -0.663. The summed E-state index contributed by atoms with van der Waals surface area (Å²) < 4.78 is 10.3. The van der Waals surface area contributed by atoms with Gasteiger partial charge in [0.05, 0.1) is 12.7 Å². The summed E-state index contributed by atoms with van der Waals surface area (Å²) in [4.78, 5) is 25.6. The molecular formula is C13H18N2O5. The predicted molar refractivity (Wildman–Crippen MR) is 70.9 cm³/mol. The van der Waals surface area contributed by atoms with Crippen molar-refractivity contribution in [1.29, 1.82) is 0 Å². The van der Waals surface area contributed by atoms with Crippen LogP contribution >= 0.6 is 0 Å². The van der Waals surface area contributed by atoms with Crippen LogP contribution in [0.3, 0.4) is 0 Å². The van der Waals surface area contributed by atoms with Gasteiger partial charge in [-0.25, -0.2) is 14.6 Å². The molecule has 0 aromatic carbocycles. The van der Waals surface area contributed by atoms with Crippen LogP contribution in [0.25, 0.3) is 0 Å². The Labute approximate surface area is 116 Å². The van der Waals surface area contributed by atoms with Crippen LogP contribution in [0, 0.1) is 0 Å². The average Bonchev–Trinajstić information content (AvgIpc) is 2.33. The Kier molecular flexibility index (Phi) is 5.31. The van der Waals surface area contributed by atoms with Crippen molar-refractivity contribution in [2.75, 3.05) is 13.2 Å². The third-order valence-corrected chi connectivity index (χ3v) is 1.99. The van der Waals surface area contributed by atoms with Gasteiger partial charge in [-0.15, -0.1) is 0 Å². The molecule has 0 saturated carbocycles. The van der Waals surface area contributed by atoms with E-state index in [1.165, 1.54) is 18.3 Å². The number of carbonyl (C=O) groups excluding carboxylic acids is 1. The van der Waals surface area contributed by atoms with Crippen LogP contribution in [0.2, 0.25) is 0 Å². The minimum atomic E-state index is -1.09. The molecule has 110 valence electrons. The number of carboxylic acid groups (broad SMARTS) is 1. The fourth-order valence-corrected chi connectivity index (χ4v) is 1.23. The Morgan fingerprint density at radius 3 is 2.55 bits per heavy atom. The molecule has 0 fully saturated rings. The Morgan fingerprint density at radius 2 is 2.05 bits per heavy atom. The molecule has 0 aliphatic carbocycles. The van der Waals surface area contributed by atoms with E-state index in [1.54, 1.807) is 20.8 Å². The van der Waals surface area contributed by atoms with Crippen molar-refractivity contribution in [3.63, 3.8) is 0 Å². The van der Waals surface area contributed by atoms with Gasteiger partial charge in [0.25, 0.3) is 0 Å². The molecule has 0 aliphatic rings. The smallest absolute Gasteiger partial charge is 0.407 e. The van der Waals surface area contributed by atoms with E-state index < -0.39 is 17.7 Å². The van der Waals surface area contributed by atoms with Crippen LogP contribution in [0.5, 0.6) is 5.75 Å². The standard InChI is InChI=1S/C13H18N2O5/c1-13(2,3)20-12(18)14-6-7-19-9-4-5-10(11(16)17)15-8-9/h4-5,8H,6-7H2,1-3H3,(H,14,18)(H,16,17). The molecule has 7 nitrogen and oxygen atoms in total. The van der Waals surface area contributed by atoms with Gasteiger partial charge in [0.1, 0.15) is 23.7 Å². The van der Waals surface area contributed by atoms with Gasteiger partial charge in [-0.05, 0) is 32.9 Å². The SMILES string of the molecule is CC(C)(C)OC(=O)NCCOc1ccc(C(=O)O)nc1. The maximum Gasteiger partial charge on any atom is 0.407 e. The molecule has 20 heavy (non-hydrogen) atoms. The highest BCUT2D eigenvalue weighted by molar-refractivity contribution is 5.85. The second kappa shape index (κ2) is 6.74. The Morgan fingerprint density at radius 1 is 1.35 bits per heavy atom. The number of carbonyl (C=O) groups is 2. The first kappa shape index (κ1) is 15.7. The number of carboxylic acids is 1. The molecule has 0 unspecified atom stereocenters. The topological polar surface area (TPSA) is 97.8 Å². The summed E-state index contributed by atoms with van der Waals surface area (Å²) in [7, 11) is 0. The number of amides is 1. The molecule has 0 aliphatic heterocycles. The third kappa shape index (κ3) is 6.03. The number of nitrogens with one attached hydrogen (secondary N) is 1. The van der Waals surface area contributed by atoms with Crippen molar-refractivity contribution < 1.29 is 24.2 Å². The van der Waals surface area contributed by atoms with E-state index in [0.29, 0.717) is 5.75 Å². The Balaban J connectivity index is 2.27. The highest BCUT2D eigenvalue weighted by Gasteiger charge is 2.15. The highest BCUT2D eigenvalue weighted by Crippen LogP contribution is 2.09. The van der Waals surface area contributed by atoms with Gasteiger partial charge < -0.3 is 19.9 Å². The van der Waals surface area contributed by atoms with E-state index >= 15 is 0 Å². The van der Waals surface area contributed by atoms with E-state index in [1.807, 2.05) is 0 Å². The number of hydrogen-bond donors (Lipinski definition) is 2. The Bertz CT molecular complexity index is 465. The lowest BCUT2D eigenvalue weighted by Gasteiger charge is -2.19. The summed E-state index contributed by atoms with van der Waals surface area (Å²) >= 11 is 0. The highest BCUT2D eigenvalue weighted by atomic mass is 16.6. The van der Waals surface area contributed by atoms with Crippen LogP contribution in [0.1, 0.15) is 31.3 Å². The molecule has 0 spiro atoms. The lowest BCUT2D eigenvalue weighted by molar-refractivity contribution is 0.0519. The second-order valence-electron chi connectivity index (χ2n) is 4.96. The molecule has 7 heteroatoms. The van der Waals surface area contributed by atoms with Crippen LogP contribution in [-0.2, 0) is 4.74 Å². The molecule has 0 atom stereocenters. The minimum absolute atomic E-state index is 0.0516. The van der Waals surface area contributed by atoms with Crippen molar-refractivity contribution >= 4 is 12.1 Å². The molecule has 0 radical (unpaired) electrons.